The molecule has 0 bridgehead atoms. The molecule has 0 spiro atoms. The zero-order valence-electron chi connectivity index (χ0n) is 13.6. The van der Waals surface area contributed by atoms with E-state index in [4.69, 9.17) is 4.74 Å². The first kappa shape index (κ1) is 17.8. The molecule has 1 N–H and O–H groups in total. The van der Waals surface area contributed by atoms with Crippen molar-refractivity contribution in [1.29, 1.82) is 0 Å². The van der Waals surface area contributed by atoms with E-state index in [1.165, 1.54) is 6.20 Å². The number of carboxylic acid groups (broad SMARTS) is 1. The highest BCUT2D eigenvalue weighted by Gasteiger charge is 2.20. The second kappa shape index (κ2) is 7.45. The molecule has 0 saturated carbocycles. The minimum atomic E-state index is -1.32. The number of fused-ring (bicyclic) bond motifs is 1. The van der Waals surface area contributed by atoms with E-state index >= 15 is 0 Å². The van der Waals surface area contributed by atoms with Gasteiger partial charge in [0.25, 0.3) is 0 Å². The van der Waals surface area contributed by atoms with E-state index in [-0.39, 0.29) is 10.9 Å². The van der Waals surface area contributed by atoms with Crippen LogP contribution in [0.5, 0.6) is 0 Å². The summed E-state index contributed by atoms with van der Waals surface area (Å²) in [5.41, 5.74) is -0.0974. The first-order valence-electron chi connectivity index (χ1n) is 8.06. The molecule has 25 heavy (non-hydrogen) atoms. The van der Waals surface area contributed by atoms with Crippen molar-refractivity contribution in [1.82, 2.24) is 4.57 Å². The quantitative estimate of drug-likeness (QED) is 0.792. The van der Waals surface area contributed by atoms with Gasteiger partial charge in [0.2, 0.25) is 5.43 Å². The van der Waals surface area contributed by atoms with Gasteiger partial charge in [-0.2, -0.15) is 12.6 Å². The summed E-state index contributed by atoms with van der Waals surface area (Å²) in [7, 11) is 0. The maximum absolute atomic E-state index is 14.6. The number of anilines is 1. The fraction of sp³-hybridized carbons (Fsp3) is 0.412. The molecule has 3 rings (SSSR count). The van der Waals surface area contributed by atoms with Crippen molar-refractivity contribution in [2.45, 2.75) is 13.0 Å². The molecule has 0 radical (unpaired) electrons. The van der Waals surface area contributed by atoms with Gasteiger partial charge in [0, 0.05) is 31.2 Å². The molecule has 0 atom stereocenters. The first-order chi connectivity index (χ1) is 12.0. The van der Waals surface area contributed by atoms with E-state index in [1.807, 2.05) is 4.90 Å². The van der Waals surface area contributed by atoms with Crippen molar-refractivity contribution >= 4 is 35.2 Å². The van der Waals surface area contributed by atoms with Crippen LogP contribution in [0.1, 0.15) is 16.8 Å². The lowest BCUT2D eigenvalue weighted by molar-refractivity contribution is 0.0694. The summed E-state index contributed by atoms with van der Waals surface area (Å²) >= 11 is 4.18. The number of aromatic nitrogens is 1. The normalized spacial score (nSPS) is 14.9. The SMILES string of the molecule is O=C(O)c1cn(CCCS)c2cc(N3CCOCC3)c(F)cc2c1=O. The lowest BCUT2D eigenvalue weighted by atomic mass is 10.1. The molecule has 1 aromatic heterocycles. The molecule has 134 valence electrons. The molecular formula is C17H19FN2O4S. The Morgan fingerprint density at radius 3 is 2.68 bits per heavy atom. The summed E-state index contributed by atoms with van der Waals surface area (Å²) in [5, 5.41) is 9.34. The fourth-order valence-corrected chi connectivity index (χ4v) is 3.17. The average molecular weight is 366 g/mol. The monoisotopic (exact) mass is 366 g/mol. The van der Waals surface area contributed by atoms with Crippen LogP contribution in [0.4, 0.5) is 10.1 Å². The predicted octanol–water partition coefficient (Wildman–Crippen LogP) is 2.00. The van der Waals surface area contributed by atoms with Gasteiger partial charge >= 0.3 is 5.97 Å². The average Bonchev–Trinajstić information content (AvgIpc) is 2.61. The maximum Gasteiger partial charge on any atom is 0.341 e. The van der Waals surface area contributed by atoms with Crippen LogP contribution in [0.3, 0.4) is 0 Å². The number of thiol groups is 1. The summed E-state index contributed by atoms with van der Waals surface area (Å²) in [6.45, 7) is 2.66. The number of morpholine rings is 1. The van der Waals surface area contributed by atoms with Gasteiger partial charge < -0.3 is 19.3 Å². The van der Waals surface area contributed by atoms with Crippen LogP contribution < -0.4 is 10.3 Å². The standard InChI is InChI=1S/C17H19FN2O4S/c18-13-8-11-14(9-15(13)19-3-5-24-6-4-19)20(2-1-7-25)10-12(16(11)21)17(22)23/h8-10,25H,1-7H2,(H,22,23). The third kappa shape index (κ3) is 3.50. The number of halogens is 1. The number of pyridine rings is 1. The Balaban J connectivity index is 2.20. The number of carboxylic acids is 1. The van der Waals surface area contributed by atoms with Crippen molar-refractivity contribution in [3.63, 3.8) is 0 Å². The number of aryl methyl sites for hydroxylation is 1. The summed E-state index contributed by atoms with van der Waals surface area (Å²) in [6, 6.07) is 2.77. The molecule has 1 aliphatic rings. The molecule has 1 saturated heterocycles. The van der Waals surface area contributed by atoms with Crippen molar-refractivity contribution in [3.8, 4) is 0 Å². The predicted molar refractivity (Wildman–Crippen MR) is 96.6 cm³/mol. The maximum atomic E-state index is 14.6. The van der Waals surface area contributed by atoms with Crippen molar-refractivity contribution in [3.05, 3.63) is 39.9 Å². The van der Waals surface area contributed by atoms with Gasteiger partial charge in [-0.25, -0.2) is 9.18 Å². The summed E-state index contributed by atoms with van der Waals surface area (Å²) in [4.78, 5) is 25.6. The van der Waals surface area contributed by atoms with Crippen LogP contribution in [-0.4, -0.2) is 47.7 Å². The van der Waals surface area contributed by atoms with Crippen LogP contribution in [0.25, 0.3) is 10.9 Å². The molecule has 6 nitrogen and oxygen atoms in total. The molecule has 2 heterocycles. The van der Waals surface area contributed by atoms with E-state index in [9.17, 15) is 19.1 Å². The number of hydrogen-bond acceptors (Lipinski definition) is 5. The Kier molecular flexibility index (Phi) is 5.29. The minimum absolute atomic E-state index is 0.0774. The Morgan fingerprint density at radius 1 is 1.32 bits per heavy atom. The number of ether oxygens (including phenoxy) is 1. The third-order valence-corrected chi connectivity index (χ3v) is 4.60. The van der Waals surface area contributed by atoms with E-state index in [2.05, 4.69) is 12.6 Å². The number of aromatic carboxylic acids is 1. The van der Waals surface area contributed by atoms with Crippen LogP contribution in [0, 0.1) is 5.82 Å². The fourth-order valence-electron chi connectivity index (χ4n) is 3.02. The molecule has 0 amide bonds. The molecule has 1 fully saturated rings. The third-order valence-electron chi connectivity index (χ3n) is 4.29. The number of benzene rings is 1. The van der Waals surface area contributed by atoms with Crippen LogP contribution in [-0.2, 0) is 11.3 Å². The van der Waals surface area contributed by atoms with Crippen LogP contribution in [0.2, 0.25) is 0 Å². The van der Waals surface area contributed by atoms with Gasteiger partial charge in [-0.05, 0) is 24.3 Å². The van der Waals surface area contributed by atoms with Gasteiger partial charge in [-0.15, -0.1) is 0 Å². The number of nitrogens with zero attached hydrogens (tertiary/aromatic N) is 2. The van der Waals surface area contributed by atoms with Gasteiger partial charge in [-0.1, -0.05) is 0 Å². The molecule has 1 aliphatic heterocycles. The Labute approximate surface area is 149 Å². The lowest BCUT2D eigenvalue weighted by Gasteiger charge is -2.29. The highest BCUT2D eigenvalue weighted by Crippen LogP contribution is 2.26. The second-order valence-corrected chi connectivity index (χ2v) is 6.32. The zero-order chi connectivity index (χ0) is 18.0. The van der Waals surface area contributed by atoms with Crippen LogP contribution >= 0.6 is 12.6 Å². The van der Waals surface area contributed by atoms with E-state index < -0.39 is 17.2 Å². The van der Waals surface area contributed by atoms with Gasteiger partial charge in [0.1, 0.15) is 11.4 Å². The summed E-state index contributed by atoms with van der Waals surface area (Å²) in [6.07, 6.45) is 2.03. The molecule has 0 unspecified atom stereocenters. The van der Waals surface area contributed by atoms with E-state index in [1.54, 1.807) is 10.6 Å². The van der Waals surface area contributed by atoms with E-state index in [0.717, 1.165) is 6.07 Å². The molecule has 8 heteroatoms. The minimum Gasteiger partial charge on any atom is -0.477 e. The Morgan fingerprint density at radius 2 is 2.04 bits per heavy atom. The van der Waals surface area contributed by atoms with Crippen molar-refractivity contribution < 1.29 is 19.0 Å². The second-order valence-electron chi connectivity index (χ2n) is 5.87. The molecule has 1 aromatic carbocycles. The Bertz CT molecular complexity index is 862. The van der Waals surface area contributed by atoms with Crippen molar-refractivity contribution in [2.75, 3.05) is 37.0 Å². The number of hydrogen-bond donors (Lipinski definition) is 2. The highest BCUT2D eigenvalue weighted by molar-refractivity contribution is 7.80. The lowest BCUT2D eigenvalue weighted by Crippen LogP contribution is -2.36. The zero-order valence-corrected chi connectivity index (χ0v) is 14.5. The topological polar surface area (TPSA) is 71.8 Å². The van der Waals surface area contributed by atoms with Crippen molar-refractivity contribution in [2.24, 2.45) is 0 Å². The molecule has 0 aliphatic carbocycles. The molecule has 2 aromatic rings. The van der Waals surface area contributed by atoms with E-state index in [0.29, 0.717) is 56.2 Å². The van der Waals surface area contributed by atoms with Gasteiger partial charge in [0.05, 0.1) is 24.4 Å². The molecular weight excluding hydrogens is 347 g/mol. The smallest absolute Gasteiger partial charge is 0.341 e. The van der Waals surface area contributed by atoms with Gasteiger partial charge in [0.15, 0.2) is 0 Å². The number of carbonyl (C=O) groups is 1. The highest BCUT2D eigenvalue weighted by atomic mass is 32.1. The Hall–Kier alpha value is -2.06. The van der Waals surface area contributed by atoms with Crippen LogP contribution in [0.15, 0.2) is 23.1 Å². The van der Waals surface area contributed by atoms with Gasteiger partial charge in [-0.3, -0.25) is 4.79 Å². The number of rotatable bonds is 5. The first-order valence-corrected chi connectivity index (χ1v) is 8.69. The summed E-state index contributed by atoms with van der Waals surface area (Å²) < 4.78 is 21.6. The largest absolute Gasteiger partial charge is 0.477 e. The summed E-state index contributed by atoms with van der Waals surface area (Å²) in [5.74, 6) is -1.23.